The molecule has 5 rings (SSSR count). The molecule has 0 radical (unpaired) electrons. The van der Waals surface area contributed by atoms with Crippen LogP contribution in [0.25, 0.3) is 10.7 Å². The first-order chi connectivity index (χ1) is 9.72. The fourth-order valence-electron chi connectivity index (χ4n) is 3.88. The van der Waals surface area contributed by atoms with E-state index in [1.807, 2.05) is 17.5 Å². The van der Waals surface area contributed by atoms with Gasteiger partial charge in [0.05, 0.1) is 31.6 Å². The molecule has 106 valence electrons. The van der Waals surface area contributed by atoms with Gasteiger partial charge in [-0.05, 0) is 17.4 Å². The summed E-state index contributed by atoms with van der Waals surface area (Å²) in [5, 5.41) is 6.17. The van der Waals surface area contributed by atoms with Crippen molar-refractivity contribution in [2.45, 2.75) is 19.3 Å². The van der Waals surface area contributed by atoms with E-state index >= 15 is 0 Å². The van der Waals surface area contributed by atoms with E-state index in [-0.39, 0.29) is 0 Å². The molecule has 0 aliphatic carbocycles. The fraction of sp³-hybridized carbons (Fsp3) is 0.600. The Hall–Kier alpha value is -1.20. The molecule has 3 aliphatic heterocycles. The Morgan fingerprint density at radius 2 is 2.25 bits per heavy atom. The molecule has 0 aromatic carbocycles. The minimum Gasteiger partial charge on any atom is -0.339 e. The molecule has 2 aromatic heterocycles. The molecule has 0 N–H and O–H groups in total. The third kappa shape index (κ3) is 2.19. The highest BCUT2D eigenvalue weighted by molar-refractivity contribution is 7.13. The van der Waals surface area contributed by atoms with E-state index in [1.54, 1.807) is 11.3 Å². The number of quaternary nitrogens is 1. The highest BCUT2D eigenvalue weighted by Gasteiger charge is 2.43. The van der Waals surface area contributed by atoms with Crippen LogP contribution in [-0.4, -0.2) is 41.3 Å². The Morgan fingerprint density at radius 3 is 2.95 bits per heavy atom. The number of thiophene rings is 1. The molecule has 0 spiro atoms. The van der Waals surface area contributed by atoms with Crippen LogP contribution in [0.3, 0.4) is 0 Å². The van der Waals surface area contributed by atoms with Gasteiger partial charge in [-0.3, -0.25) is 0 Å². The fourth-order valence-corrected chi connectivity index (χ4v) is 4.53. The molecule has 4 nitrogen and oxygen atoms in total. The lowest BCUT2D eigenvalue weighted by Gasteiger charge is -2.50. The van der Waals surface area contributed by atoms with Crippen molar-refractivity contribution >= 4 is 11.3 Å². The highest BCUT2D eigenvalue weighted by Crippen LogP contribution is 2.38. The van der Waals surface area contributed by atoms with Gasteiger partial charge in [-0.1, -0.05) is 11.2 Å². The van der Waals surface area contributed by atoms with Crippen LogP contribution in [-0.2, 0) is 6.42 Å². The normalized spacial score (nSPS) is 32.6. The molecule has 1 atom stereocenters. The monoisotopic (exact) mass is 290 g/mol. The zero-order valence-electron chi connectivity index (χ0n) is 11.8. The van der Waals surface area contributed by atoms with Crippen molar-refractivity contribution in [3.63, 3.8) is 0 Å². The van der Waals surface area contributed by atoms with Crippen molar-refractivity contribution in [3.8, 4) is 10.7 Å². The van der Waals surface area contributed by atoms with Gasteiger partial charge in [0.1, 0.15) is 0 Å². The SMILES string of the molecule is C[N+]12CCC(CC1)C(Cc1nc(-c3cccs3)no1)C2. The van der Waals surface area contributed by atoms with Gasteiger partial charge in [0.25, 0.3) is 0 Å². The third-order valence-corrected chi connectivity index (χ3v) is 5.93. The number of nitrogens with zero attached hydrogens (tertiary/aromatic N) is 3. The molecule has 5 heterocycles. The van der Waals surface area contributed by atoms with E-state index in [4.69, 9.17) is 4.52 Å². The van der Waals surface area contributed by atoms with Crippen LogP contribution in [0.1, 0.15) is 18.7 Å². The second-order valence-corrected chi connectivity index (χ2v) is 7.49. The maximum Gasteiger partial charge on any atom is 0.227 e. The van der Waals surface area contributed by atoms with Crippen LogP contribution in [0.5, 0.6) is 0 Å². The van der Waals surface area contributed by atoms with Gasteiger partial charge >= 0.3 is 0 Å². The molecule has 20 heavy (non-hydrogen) atoms. The summed E-state index contributed by atoms with van der Waals surface area (Å²) in [7, 11) is 2.40. The zero-order chi connectivity index (χ0) is 13.6. The first-order valence-electron chi connectivity index (χ1n) is 7.42. The minimum absolute atomic E-state index is 0.721. The largest absolute Gasteiger partial charge is 0.339 e. The maximum atomic E-state index is 5.47. The zero-order valence-corrected chi connectivity index (χ0v) is 12.6. The summed E-state index contributed by atoms with van der Waals surface area (Å²) in [6, 6.07) is 4.06. The standard InChI is InChI=1S/C15H20N3OS/c1-18-6-4-11(5-7-18)12(10-18)9-14-16-15(17-19-14)13-3-2-8-20-13/h2-3,8,11-12H,4-7,9-10H2,1H3/q+1. The van der Waals surface area contributed by atoms with Gasteiger partial charge in [0.2, 0.25) is 11.7 Å². The molecular formula is C15H20N3OS+. The van der Waals surface area contributed by atoms with Crippen molar-refractivity contribution in [1.82, 2.24) is 10.1 Å². The van der Waals surface area contributed by atoms with E-state index in [2.05, 4.69) is 17.2 Å². The van der Waals surface area contributed by atoms with E-state index in [1.165, 1.54) is 37.0 Å². The summed E-state index contributed by atoms with van der Waals surface area (Å²) >= 11 is 1.66. The molecule has 3 aliphatic rings. The van der Waals surface area contributed by atoms with Crippen molar-refractivity contribution in [2.75, 3.05) is 26.7 Å². The molecule has 0 saturated carbocycles. The molecular weight excluding hydrogens is 270 g/mol. The number of hydrogen-bond acceptors (Lipinski definition) is 4. The number of aromatic nitrogens is 2. The molecule has 2 bridgehead atoms. The van der Waals surface area contributed by atoms with E-state index in [9.17, 15) is 0 Å². The smallest absolute Gasteiger partial charge is 0.227 e. The van der Waals surface area contributed by atoms with Gasteiger partial charge in [-0.25, -0.2) is 0 Å². The minimum atomic E-state index is 0.721. The van der Waals surface area contributed by atoms with Crippen molar-refractivity contribution in [1.29, 1.82) is 0 Å². The lowest BCUT2D eigenvalue weighted by atomic mass is 9.76. The number of hydrogen-bond donors (Lipinski definition) is 0. The summed E-state index contributed by atoms with van der Waals surface area (Å²) in [4.78, 5) is 5.67. The summed E-state index contributed by atoms with van der Waals surface area (Å²) in [5.74, 6) is 3.15. The van der Waals surface area contributed by atoms with E-state index in [0.29, 0.717) is 0 Å². The Balaban J connectivity index is 1.50. The molecule has 3 saturated heterocycles. The third-order valence-electron chi connectivity index (χ3n) is 5.07. The van der Waals surface area contributed by atoms with E-state index in [0.717, 1.165) is 34.8 Å². The van der Waals surface area contributed by atoms with Crippen LogP contribution >= 0.6 is 11.3 Å². The predicted molar refractivity (Wildman–Crippen MR) is 78.3 cm³/mol. The van der Waals surface area contributed by atoms with Crippen LogP contribution in [0, 0.1) is 11.8 Å². The second-order valence-electron chi connectivity index (χ2n) is 6.54. The number of piperidine rings is 3. The van der Waals surface area contributed by atoms with Crippen LogP contribution in [0.2, 0.25) is 0 Å². The lowest BCUT2D eigenvalue weighted by Crippen LogP contribution is -2.59. The summed E-state index contributed by atoms with van der Waals surface area (Å²) in [6.07, 6.45) is 3.69. The van der Waals surface area contributed by atoms with Crippen molar-refractivity contribution in [3.05, 3.63) is 23.4 Å². The Kier molecular flexibility index (Phi) is 2.93. The van der Waals surface area contributed by atoms with E-state index < -0.39 is 0 Å². The number of rotatable bonds is 3. The molecule has 2 aromatic rings. The van der Waals surface area contributed by atoms with Crippen LogP contribution < -0.4 is 0 Å². The van der Waals surface area contributed by atoms with Gasteiger partial charge in [-0.2, -0.15) is 4.98 Å². The highest BCUT2D eigenvalue weighted by atomic mass is 32.1. The van der Waals surface area contributed by atoms with Crippen LogP contribution in [0.4, 0.5) is 0 Å². The van der Waals surface area contributed by atoms with Gasteiger partial charge < -0.3 is 9.01 Å². The summed E-state index contributed by atoms with van der Waals surface area (Å²) in [6.45, 7) is 3.98. The lowest BCUT2D eigenvalue weighted by molar-refractivity contribution is -0.929. The van der Waals surface area contributed by atoms with Gasteiger partial charge in [0, 0.05) is 25.2 Å². The average Bonchev–Trinajstić information content (AvgIpc) is 3.09. The molecule has 1 unspecified atom stereocenters. The Labute approximate surface area is 123 Å². The first-order valence-corrected chi connectivity index (χ1v) is 8.30. The topological polar surface area (TPSA) is 38.9 Å². The van der Waals surface area contributed by atoms with Crippen LogP contribution in [0.15, 0.2) is 22.0 Å². The first kappa shape index (κ1) is 12.5. The predicted octanol–water partition coefficient (Wildman–Crippen LogP) is 2.83. The van der Waals surface area contributed by atoms with Gasteiger partial charge in [-0.15, -0.1) is 11.3 Å². The van der Waals surface area contributed by atoms with Crippen molar-refractivity contribution in [2.24, 2.45) is 11.8 Å². The second kappa shape index (κ2) is 4.67. The van der Waals surface area contributed by atoms with Gasteiger partial charge in [0.15, 0.2) is 0 Å². The molecule has 3 fully saturated rings. The maximum absolute atomic E-state index is 5.47. The summed E-state index contributed by atoms with van der Waals surface area (Å²) in [5.41, 5.74) is 0. The Bertz CT molecular complexity index is 584. The Morgan fingerprint density at radius 1 is 1.40 bits per heavy atom. The quantitative estimate of drug-likeness (QED) is 0.816. The molecule has 0 amide bonds. The average molecular weight is 290 g/mol. The summed E-state index contributed by atoms with van der Waals surface area (Å²) < 4.78 is 6.71. The number of fused-ring (bicyclic) bond motifs is 3. The molecule has 5 heteroatoms. The van der Waals surface area contributed by atoms with Crippen molar-refractivity contribution < 1.29 is 9.01 Å².